The minimum absolute atomic E-state index is 0.0324. The van der Waals surface area contributed by atoms with Crippen molar-refractivity contribution in [1.82, 2.24) is 14.8 Å². The molecule has 3 amide bonds. The Bertz CT molecular complexity index is 533. The lowest BCUT2D eigenvalue weighted by Crippen LogP contribution is -2.38. The normalized spacial score (nSPS) is 15.6. The van der Waals surface area contributed by atoms with Gasteiger partial charge in [-0.15, -0.1) is 0 Å². The second-order valence-corrected chi connectivity index (χ2v) is 5.55. The first-order chi connectivity index (χ1) is 9.95. The van der Waals surface area contributed by atoms with Gasteiger partial charge in [-0.2, -0.15) is 0 Å². The van der Waals surface area contributed by atoms with Crippen LogP contribution in [0, 0.1) is 0 Å². The lowest BCUT2D eigenvalue weighted by atomic mass is 10.4. The molecule has 2 heterocycles. The number of nitrogens with one attached hydrogen (secondary N) is 1. The van der Waals surface area contributed by atoms with Crippen LogP contribution >= 0.6 is 23.2 Å². The van der Waals surface area contributed by atoms with Crippen LogP contribution in [0.3, 0.4) is 0 Å². The number of halogens is 2. The molecule has 0 saturated carbocycles. The molecule has 114 valence electrons. The molecule has 0 aromatic carbocycles. The monoisotopic (exact) mass is 330 g/mol. The average Bonchev–Trinajstić information content (AvgIpc) is 2.62. The fourth-order valence-corrected chi connectivity index (χ4v) is 2.64. The van der Waals surface area contributed by atoms with Gasteiger partial charge in [-0.05, 0) is 18.6 Å². The predicted octanol–water partition coefficient (Wildman–Crippen LogP) is 2.47. The third-order valence-electron chi connectivity index (χ3n) is 3.24. The van der Waals surface area contributed by atoms with Gasteiger partial charge in [0.05, 0.1) is 0 Å². The summed E-state index contributed by atoms with van der Waals surface area (Å²) in [6, 6.07) is 2.83. The van der Waals surface area contributed by atoms with E-state index in [-0.39, 0.29) is 22.2 Å². The molecule has 1 aliphatic heterocycles. The average molecular weight is 331 g/mol. The highest BCUT2D eigenvalue weighted by Crippen LogP contribution is 2.19. The van der Waals surface area contributed by atoms with Gasteiger partial charge in [0, 0.05) is 38.8 Å². The SMILES string of the molecule is CC(=O)N1CCCN(C(=O)Nc2cc(Cl)nc(Cl)c2)CC1. The van der Waals surface area contributed by atoms with E-state index in [1.54, 1.807) is 9.80 Å². The third-order valence-corrected chi connectivity index (χ3v) is 3.63. The number of hydrogen-bond donors (Lipinski definition) is 1. The molecule has 6 nitrogen and oxygen atoms in total. The van der Waals surface area contributed by atoms with Crippen LogP contribution in [0.4, 0.5) is 10.5 Å². The van der Waals surface area contributed by atoms with Gasteiger partial charge < -0.3 is 15.1 Å². The van der Waals surface area contributed by atoms with Gasteiger partial charge in [-0.1, -0.05) is 23.2 Å². The van der Waals surface area contributed by atoms with Crippen molar-refractivity contribution in [2.75, 3.05) is 31.5 Å². The summed E-state index contributed by atoms with van der Waals surface area (Å²) < 4.78 is 0. The van der Waals surface area contributed by atoms with Crippen LogP contribution < -0.4 is 5.32 Å². The number of carbonyl (C=O) groups excluding carboxylic acids is 2. The second kappa shape index (κ2) is 6.95. The maximum Gasteiger partial charge on any atom is 0.321 e. The molecule has 1 aliphatic rings. The Hall–Kier alpha value is -1.53. The number of amides is 3. The first-order valence-corrected chi connectivity index (χ1v) is 7.36. The van der Waals surface area contributed by atoms with E-state index in [4.69, 9.17) is 23.2 Å². The van der Waals surface area contributed by atoms with Gasteiger partial charge in [0.15, 0.2) is 0 Å². The zero-order valence-corrected chi connectivity index (χ0v) is 13.1. The van der Waals surface area contributed by atoms with Crippen molar-refractivity contribution in [3.05, 3.63) is 22.4 Å². The summed E-state index contributed by atoms with van der Waals surface area (Å²) in [5, 5.41) is 3.18. The first-order valence-electron chi connectivity index (χ1n) is 6.60. The fourth-order valence-electron chi connectivity index (χ4n) is 2.18. The van der Waals surface area contributed by atoms with Crippen LogP contribution in [-0.4, -0.2) is 52.9 Å². The number of nitrogens with zero attached hydrogens (tertiary/aromatic N) is 3. The fraction of sp³-hybridized carbons (Fsp3) is 0.462. The Balaban J connectivity index is 1.98. The number of hydrogen-bond acceptors (Lipinski definition) is 3. The van der Waals surface area contributed by atoms with E-state index in [0.29, 0.717) is 31.9 Å². The minimum atomic E-state index is -0.237. The maximum atomic E-state index is 12.2. The van der Waals surface area contributed by atoms with Crippen LogP contribution in [0.2, 0.25) is 10.3 Å². The molecule has 1 aromatic heterocycles. The lowest BCUT2D eigenvalue weighted by molar-refractivity contribution is -0.128. The van der Waals surface area contributed by atoms with Crippen LogP contribution in [-0.2, 0) is 4.79 Å². The molecule has 0 atom stereocenters. The van der Waals surface area contributed by atoms with Gasteiger partial charge in [-0.25, -0.2) is 9.78 Å². The van der Waals surface area contributed by atoms with Crippen molar-refractivity contribution in [1.29, 1.82) is 0 Å². The molecule has 0 aliphatic carbocycles. The van der Waals surface area contributed by atoms with E-state index in [1.165, 1.54) is 19.1 Å². The van der Waals surface area contributed by atoms with Crippen molar-refractivity contribution in [2.45, 2.75) is 13.3 Å². The van der Waals surface area contributed by atoms with Crippen molar-refractivity contribution < 1.29 is 9.59 Å². The summed E-state index contributed by atoms with van der Waals surface area (Å²) >= 11 is 11.6. The summed E-state index contributed by atoms with van der Waals surface area (Å²) in [6.45, 7) is 3.85. The van der Waals surface area contributed by atoms with Crippen LogP contribution in [0.1, 0.15) is 13.3 Å². The van der Waals surface area contributed by atoms with Gasteiger partial charge in [0.1, 0.15) is 10.3 Å². The molecular weight excluding hydrogens is 315 g/mol. The van der Waals surface area contributed by atoms with Gasteiger partial charge in [0.2, 0.25) is 5.91 Å². The lowest BCUT2D eigenvalue weighted by Gasteiger charge is -2.21. The minimum Gasteiger partial charge on any atom is -0.341 e. The summed E-state index contributed by atoms with van der Waals surface area (Å²) in [4.78, 5) is 30.8. The number of anilines is 1. The van der Waals surface area contributed by atoms with E-state index in [9.17, 15) is 9.59 Å². The highest BCUT2D eigenvalue weighted by Gasteiger charge is 2.20. The van der Waals surface area contributed by atoms with E-state index >= 15 is 0 Å². The molecule has 21 heavy (non-hydrogen) atoms. The molecule has 0 bridgehead atoms. The first kappa shape index (κ1) is 15.9. The van der Waals surface area contributed by atoms with E-state index in [0.717, 1.165) is 6.42 Å². The Kier molecular flexibility index (Phi) is 5.25. The predicted molar refractivity (Wildman–Crippen MR) is 81.7 cm³/mol. The second-order valence-electron chi connectivity index (χ2n) is 4.78. The molecule has 8 heteroatoms. The molecule has 1 aromatic rings. The van der Waals surface area contributed by atoms with Gasteiger partial charge >= 0.3 is 6.03 Å². The van der Waals surface area contributed by atoms with Crippen LogP contribution in [0.5, 0.6) is 0 Å². The Labute approximate surface area is 133 Å². The molecular formula is C13H16Cl2N4O2. The smallest absolute Gasteiger partial charge is 0.321 e. The maximum absolute atomic E-state index is 12.2. The van der Waals surface area contributed by atoms with Crippen molar-refractivity contribution in [2.24, 2.45) is 0 Å². The highest BCUT2D eigenvalue weighted by molar-refractivity contribution is 6.32. The van der Waals surface area contributed by atoms with E-state index in [1.807, 2.05) is 0 Å². The molecule has 1 N–H and O–H groups in total. The quantitative estimate of drug-likeness (QED) is 0.804. The number of urea groups is 1. The summed E-state index contributed by atoms with van der Waals surface area (Å²) in [5.41, 5.74) is 0.498. The zero-order chi connectivity index (χ0) is 15.4. The van der Waals surface area contributed by atoms with Gasteiger partial charge in [-0.3, -0.25) is 4.79 Å². The topological polar surface area (TPSA) is 65.5 Å². The summed E-state index contributed by atoms with van der Waals surface area (Å²) in [6.07, 6.45) is 0.755. The molecule has 0 spiro atoms. The van der Waals surface area contributed by atoms with Gasteiger partial charge in [0.25, 0.3) is 0 Å². The van der Waals surface area contributed by atoms with E-state index < -0.39 is 0 Å². The summed E-state index contributed by atoms with van der Waals surface area (Å²) in [7, 11) is 0. The standard InChI is InChI=1S/C13H16Cl2N4O2/c1-9(20)18-3-2-4-19(6-5-18)13(21)16-10-7-11(14)17-12(15)8-10/h7-8H,2-6H2,1H3,(H,16,17,21). The Morgan fingerprint density at radius 3 is 2.29 bits per heavy atom. The highest BCUT2D eigenvalue weighted by atomic mass is 35.5. The third kappa shape index (κ3) is 4.47. The van der Waals surface area contributed by atoms with E-state index in [2.05, 4.69) is 10.3 Å². The molecule has 0 unspecified atom stereocenters. The summed E-state index contributed by atoms with van der Waals surface area (Å²) in [5.74, 6) is 0.0324. The van der Waals surface area contributed by atoms with Crippen molar-refractivity contribution >= 4 is 40.8 Å². The molecule has 1 fully saturated rings. The molecule has 2 rings (SSSR count). The van der Waals surface area contributed by atoms with Crippen LogP contribution in [0.15, 0.2) is 12.1 Å². The number of pyridine rings is 1. The zero-order valence-electron chi connectivity index (χ0n) is 11.6. The Morgan fingerprint density at radius 1 is 1.10 bits per heavy atom. The largest absolute Gasteiger partial charge is 0.341 e. The number of rotatable bonds is 1. The van der Waals surface area contributed by atoms with Crippen LogP contribution in [0.25, 0.3) is 0 Å². The van der Waals surface area contributed by atoms with Crippen molar-refractivity contribution in [3.8, 4) is 0 Å². The molecule has 0 radical (unpaired) electrons. The Morgan fingerprint density at radius 2 is 1.67 bits per heavy atom. The molecule has 1 saturated heterocycles. The van der Waals surface area contributed by atoms with Crippen molar-refractivity contribution in [3.63, 3.8) is 0 Å². The number of carbonyl (C=O) groups is 2. The number of aromatic nitrogens is 1.